The molecule has 0 radical (unpaired) electrons. The Balaban J connectivity index is 1.83. The molecule has 1 aliphatic rings. The van der Waals surface area contributed by atoms with E-state index in [0.717, 1.165) is 32.1 Å². The molecular formula is C20H13ClN2O2S3. The number of thiocarbonyl (C=S) groups is 1. The third-order valence-electron chi connectivity index (χ3n) is 3.97. The highest BCUT2D eigenvalue weighted by Crippen LogP contribution is 2.35. The van der Waals surface area contributed by atoms with Gasteiger partial charge in [0.15, 0.2) is 0 Å². The van der Waals surface area contributed by atoms with Crippen LogP contribution in [0.25, 0.3) is 17.0 Å². The monoisotopic (exact) mass is 444 g/mol. The summed E-state index contributed by atoms with van der Waals surface area (Å²) in [6.45, 7) is 0. The molecule has 0 atom stereocenters. The molecular weight excluding hydrogens is 432 g/mol. The highest BCUT2D eigenvalue weighted by Gasteiger charge is 2.23. The quantitative estimate of drug-likeness (QED) is 0.421. The molecule has 4 nitrogen and oxygen atoms in total. The molecule has 3 aromatic rings. The van der Waals surface area contributed by atoms with Crippen molar-refractivity contribution in [3.05, 3.63) is 64.0 Å². The molecule has 1 aliphatic heterocycles. The van der Waals surface area contributed by atoms with Crippen molar-refractivity contribution in [1.29, 1.82) is 0 Å². The van der Waals surface area contributed by atoms with Crippen LogP contribution in [0, 0.1) is 0 Å². The van der Waals surface area contributed by atoms with E-state index in [9.17, 15) is 4.79 Å². The maximum absolute atomic E-state index is 12.1. The van der Waals surface area contributed by atoms with E-state index < -0.39 is 0 Å². The molecule has 140 valence electrons. The minimum atomic E-state index is -0.191. The van der Waals surface area contributed by atoms with Crippen LogP contribution in [-0.2, 0) is 4.79 Å². The largest absolute Gasteiger partial charge is 0.497 e. The van der Waals surface area contributed by atoms with Gasteiger partial charge in [-0.05, 0) is 54.6 Å². The van der Waals surface area contributed by atoms with Crippen molar-refractivity contribution in [2.45, 2.75) is 9.92 Å². The lowest BCUT2D eigenvalue weighted by Gasteiger charge is -2.09. The van der Waals surface area contributed by atoms with Crippen molar-refractivity contribution in [3.8, 4) is 5.75 Å². The lowest BCUT2D eigenvalue weighted by Crippen LogP contribution is -2.17. The normalized spacial score (nSPS) is 15.3. The predicted octanol–water partition coefficient (Wildman–Crippen LogP) is 5.54. The second-order valence-electron chi connectivity index (χ2n) is 5.85. The van der Waals surface area contributed by atoms with E-state index in [1.807, 2.05) is 54.6 Å². The first-order valence-electron chi connectivity index (χ1n) is 8.19. The fraction of sp³-hybridized carbons (Fsp3) is 0.0500. The van der Waals surface area contributed by atoms with Gasteiger partial charge in [-0.1, -0.05) is 47.3 Å². The molecule has 0 saturated carbocycles. The van der Waals surface area contributed by atoms with Crippen LogP contribution in [0.1, 0.15) is 5.56 Å². The summed E-state index contributed by atoms with van der Waals surface area (Å²) < 4.78 is 5.77. The van der Waals surface area contributed by atoms with Gasteiger partial charge in [0, 0.05) is 20.9 Å². The molecule has 2 aromatic carbocycles. The molecule has 1 amide bonds. The van der Waals surface area contributed by atoms with Gasteiger partial charge in [0.05, 0.1) is 17.5 Å². The number of hydrogen-bond donors (Lipinski definition) is 1. The van der Waals surface area contributed by atoms with Gasteiger partial charge in [-0.2, -0.15) is 0 Å². The molecule has 1 N–H and O–H groups in total. The number of carbonyl (C=O) groups excluding carboxylic acids is 1. The van der Waals surface area contributed by atoms with Crippen LogP contribution in [0.15, 0.2) is 63.4 Å². The average Bonchev–Trinajstić information content (AvgIpc) is 3.00. The fourth-order valence-corrected chi connectivity index (χ4v) is 4.68. The van der Waals surface area contributed by atoms with Crippen LogP contribution in [0.4, 0.5) is 0 Å². The summed E-state index contributed by atoms with van der Waals surface area (Å²) in [6.07, 6.45) is 1.82. The molecule has 0 bridgehead atoms. The number of amides is 1. The minimum absolute atomic E-state index is 0.191. The maximum atomic E-state index is 12.1. The molecule has 1 aromatic heterocycles. The SMILES string of the molecule is COc1ccc2nc(Sc3ccc(Cl)cc3)c(/C=C3/SC(=S)NC3=O)cc2c1. The number of nitrogens with zero attached hydrogens (tertiary/aromatic N) is 1. The van der Waals surface area contributed by atoms with Crippen LogP contribution in [0.3, 0.4) is 0 Å². The summed E-state index contributed by atoms with van der Waals surface area (Å²) in [5, 5.41) is 5.04. The smallest absolute Gasteiger partial charge is 0.263 e. The van der Waals surface area contributed by atoms with Gasteiger partial charge in [-0.25, -0.2) is 4.98 Å². The van der Waals surface area contributed by atoms with Crippen molar-refractivity contribution in [2.75, 3.05) is 7.11 Å². The number of carbonyl (C=O) groups is 1. The molecule has 28 heavy (non-hydrogen) atoms. The molecule has 1 fully saturated rings. The first-order valence-corrected chi connectivity index (χ1v) is 10.6. The van der Waals surface area contributed by atoms with Crippen LogP contribution in [-0.4, -0.2) is 22.3 Å². The summed E-state index contributed by atoms with van der Waals surface area (Å²) in [5.41, 5.74) is 1.68. The Bertz CT molecular complexity index is 1130. The Labute approximate surface area is 180 Å². The summed E-state index contributed by atoms with van der Waals surface area (Å²) in [6, 6.07) is 15.3. The number of rotatable bonds is 4. The average molecular weight is 445 g/mol. The van der Waals surface area contributed by atoms with E-state index in [1.165, 1.54) is 23.5 Å². The molecule has 0 aliphatic carbocycles. The molecule has 0 unspecified atom stereocenters. The van der Waals surface area contributed by atoms with Gasteiger partial charge < -0.3 is 10.1 Å². The zero-order chi connectivity index (χ0) is 19.7. The zero-order valence-corrected chi connectivity index (χ0v) is 17.8. The number of thioether (sulfide) groups is 1. The summed E-state index contributed by atoms with van der Waals surface area (Å²) in [5.74, 6) is 0.559. The molecule has 8 heteroatoms. The number of benzene rings is 2. The van der Waals surface area contributed by atoms with Gasteiger partial charge in [0.1, 0.15) is 15.1 Å². The highest BCUT2D eigenvalue weighted by atomic mass is 35.5. The second-order valence-corrected chi connectivity index (χ2v) is 9.07. The Morgan fingerprint density at radius 3 is 2.68 bits per heavy atom. The van der Waals surface area contributed by atoms with Crippen molar-refractivity contribution in [3.63, 3.8) is 0 Å². The van der Waals surface area contributed by atoms with Crippen LogP contribution in [0.5, 0.6) is 5.75 Å². The molecule has 4 rings (SSSR count). The van der Waals surface area contributed by atoms with Gasteiger partial charge in [0.25, 0.3) is 5.91 Å². The Morgan fingerprint density at radius 1 is 1.21 bits per heavy atom. The summed E-state index contributed by atoms with van der Waals surface area (Å²) >= 11 is 13.8. The maximum Gasteiger partial charge on any atom is 0.263 e. The van der Waals surface area contributed by atoms with E-state index in [-0.39, 0.29) is 5.91 Å². The van der Waals surface area contributed by atoms with E-state index in [4.69, 9.17) is 33.5 Å². The standard InChI is InChI=1S/C20H13ClN2O2S3/c1-25-14-4-7-16-11(9-14)8-12(10-17-18(24)23-20(26)28-17)19(22-16)27-15-5-2-13(21)3-6-15/h2-10H,1H3,(H,23,24,26)/b17-10+. The van der Waals surface area contributed by atoms with Gasteiger partial charge in [0.2, 0.25) is 0 Å². The highest BCUT2D eigenvalue weighted by molar-refractivity contribution is 8.26. The fourth-order valence-electron chi connectivity index (χ4n) is 2.64. The number of pyridine rings is 1. The Morgan fingerprint density at radius 2 is 2.00 bits per heavy atom. The number of hydrogen-bond acceptors (Lipinski definition) is 6. The van der Waals surface area contributed by atoms with Crippen molar-refractivity contribution < 1.29 is 9.53 Å². The third kappa shape index (κ3) is 4.17. The number of methoxy groups -OCH3 is 1. The summed E-state index contributed by atoms with van der Waals surface area (Å²) in [4.78, 5) is 18.5. The van der Waals surface area contributed by atoms with Crippen molar-refractivity contribution >= 4 is 74.5 Å². The van der Waals surface area contributed by atoms with Gasteiger partial charge >= 0.3 is 0 Å². The number of aromatic nitrogens is 1. The second kappa shape index (κ2) is 8.13. The first-order chi connectivity index (χ1) is 13.5. The minimum Gasteiger partial charge on any atom is -0.497 e. The van der Waals surface area contributed by atoms with Crippen LogP contribution < -0.4 is 10.1 Å². The van der Waals surface area contributed by atoms with E-state index in [0.29, 0.717) is 14.2 Å². The molecule has 2 heterocycles. The Hall–Kier alpha value is -2.06. The summed E-state index contributed by atoms with van der Waals surface area (Å²) in [7, 11) is 1.63. The number of halogens is 1. The lowest BCUT2D eigenvalue weighted by atomic mass is 10.1. The topological polar surface area (TPSA) is 51.2 Å². The first kappa shape index (κ1) is 19.3. The molecule has 1 saturated heterocycles. The molecule has 0 spiro atoms. The Kier molecular flexibility index (Phi) is 5.59. The van der Waals surface area contributed by atoms with Crippen molar-refractivity contribution in [2.24, 2.45) is 0 Å². The number of nitrogens with one attached hydrogen (secondary N) is 1. The third-order valence-corrected chi connectivity index (χ3v) is 6.41. The number of ether oxygens (including phenoxy) is 1. The van der Waals surface area contributed by atoms with E-state index >= 15 is 0 Å². The van der Waals surface area contributed by atoms with Crippen molar-refractivity contribution in [1.82, 2.24) is 10.3 Å². The van der Waals surface area contributed by atoms with E-state index in [2.05, 4.69) is 5.32 Å². The number of fused-ring (bicyclic) bond motifs is 1. The predicted molar refractivity (Wildman–Crippen MR) is 120 cm³/mol. The van der Waals surface area contributed by atoms with Gasteiger partial charge in [-0.15, -0.1) is 0 Å². The van der Waals surface area contributed by atoms with Gasteiger partial charge in [-0.3, -0.25) is 4.79 Å². The van der Waals surface area contributed by atoms with E-state index in [1.54, 1.807) is 7.11 Å². The lowest BCUT2D eigenvalue weighted by molar-refractivity contribution is -0.115. The van der Waals surface area contributed by atoms with Crippen LogP contribution in [0.2, 0.25) is 5.02 Å². The zero-order valence-electron chi connectivity index (χ0n) is 14.6. The van der Waals surface area contributed by atoms with Crippen LogP contribution >= 0.6 is 47.3 Å².